The van der Waals surface area contributed by atoms with Crippen LogP contribution in [0.3, 0.4) is 0 Å². The first kappa shape index (κ1) is 13.7. The van der Waals surface area contributed by atoms with E-state index in [0.717, 1.165) is 36.5 Å². The van der Waals surface area contributed by atoms with Gasteiger partial charge in [0.2, 0.25) is 0 Å². The fourth-order valence-corrected chi connectivity index (χ4v) is 3.38. The van der Waals surface area contributed by atoms with Gasteiger partial charge in [0.25, 0.3) is 0 Å². The molecule has 1 aliphatic carbocycles. The SMILES string of the molecule is Cc1ncc(CNCC2(C(O)c3ccccc3)CC2)s1. The maximum Gasteiger partial charge on any atom is 0.0897 e. The zero-order valence-corrected chi connectivity index (χ0v) is 12.5. The number of aromatic nitrogens is 1. The normalized spacial score (nSPS) is 17.9. The third-order valence-electron chi connectivity index (χ3n) is 4.03. The van der Waals surface area contributed by atoms with E-state index in [9.17, 15) is 5.11 Å². The summed E-state index contributed by atoms with van der Waals surface area (Å²) in [6.45, 7) is 3.73. The van der Waals surface area contributed by atoms with Crippen LogP contribution in [0.25, 0.3) is 0 Å². The average molecular weight is 288 g/mol. The van der Waals surface area contributed by atoms with Crippen LogP contribution in [-0.4, -0.2) is 16.6 Å². The molecule has 0 aliphatic heterocycles. The summed E-state index contributed by atoms with van der Waals surface area (Å²) in [5.74, 6) is 0. The summed E-state index contributed by atoms with van der Waals surface area (Å²) in [5, 5.41) is 15.1. The second-order valence-corrected chi connectivity index (χ2v) is 6.94. The molecule has 1 aromatic heterocycles. The summed E-state index contributed by atoms with van der Waals surface area (Å²) in [7, 11) is 0. The molecule has 3 rings (SSSR count). The van der Waals surface area contributed by atoms with Gasteiger partial charge in [0.1, 0.15) is 0 Å². The lowest BCUT2D eigenvalue weighted by molar-refractivity contribution is 0.0918. The van der Waals surface area contributed by atoms with Gasteiger partial charge in [-0.3, -0.25) is 0 Å². The van der Waals surface area contributed by atoms with Crippen LogP contribution in [0.2, 0.25) is 0 Å². The quantitative estimate of drug-likeness (QED) is 0.858. The monoisotopic (exact) mass is 288 g/mol. The topological polar surface area (TPSA) is 45.2 Å². The van der Waals surface area contributed by atoms with Crippen LogP contribution >= 0.6 is 11.3 Å². The maximum atomic E-state index is 10.6. The van der Waals surface area contributed by atoms with Crippen molar-refractivity contribution < 1.29 is 5.11 Å². The summed E-state index contributed by atoms with van der Waals surface area (Å²) in [4.78, 5) is 5.52. The smallest absolute Gasteiger partial charge is 0.0897 e. The lowest BCUT2D eigenvalue weighted by Crippen LogP contribution is -2.28. The van der Waals surface area contributed by atoms with E-state index in [1.807, 2.05) is 43.5 Å². The molecule has 3 nitrogen and oxygen atoms in total. The molecule has 0 amide bonds. The number of aryl methyl sites for hydroxylation is 1. The van der Waals surface area contributed by atoms with Crippen molar-refractivity contribution in [3.63, 3.8) is 0 Å². The minimum absolute atomic E-state index is 0.0289. The zero-order chi connectivity index (χ0) is 14.0. The summed E-state index contributed by atoms with van der Waals surface area (Å²) in [5.41, 5.74) is 1.06. The van der Waals surface area contributed by atoms with E-state index in [2.05, 4.69) is 10.3 Å². The standard InChI is InChI=1S/C16H20N2OS/c1-12-18-10-14(20-12)9-17-11-16(7-8-16)15(19)13-5-3-2-4-6-13/h2-6,10,15,17,19H,7-9,11H2,1H3. The number of thiazole rings is 1. The van der Waals surface area contributed by atoms with Crippen LogP contribution in [0.4, 0.5) is 0 Å². The Balaban J connectivity index is 1.57. The molecule has 0 saturated heterocycles. The first-order valence-corrected chi connectivity index (χ1v) is 7.86. The lowest BCUT2D eigenvalue weighted by Gasteiger charge is -2.23. The molecule has 0 radical (unpaired) electrons. The van der Waals surface area contributed by atoms with Crippen molar-refractivity contribution in [2.75, 3.05) is 6.54 Å². The molecular weight excluding hydrogens is 268 g/mol. The minimum Gasteiger partial charge on any atom is -0.388 e. The highest BCUT2D eigenvalue weighted by molar-refractivity contribution is 7.11. The molecule has 1 atom stereocenters. The third kappa shape index (κ3) is 2.92. The highest BCUT2D eigenvalue weighted by atomic mass is 32.1. The molecule has 106 valence electrons. The van der Waals surface area contributed by atoms with E-state index in [4.69, 9.17) is 0 Å². The molecule has 1 saturated carbocycles. The van der Waals surface area contributed by atoms with Gasteiger partial charge in [-0.05, 0) is 25.3 Å². The number of hydrogen-bond acceptors (Lipinski definition) is 4. The summed E-state index contributed by atoms with van der Waals surface area (Å²) >= 11 is 1.73. The van der Waals surface area contributed by atoms with Gasteiger partial charge in [0, 0.05) is 29.6 Å². The van der Waals surface area contributed by atoms with Gasteiger partial charge in [-0.1, -0.05) is 30.3 Å². The largest absolute Gasteiger partial charge is 0.388 e. The molecule has 2 aromatic rings. The summed E-state index contributed by atoms with van der Waals surface area (Å²) in [6.07, 6.45) is 3.76. The van der Waals surface area contributed by atoms with E-state index in [-0.39, 0.29) is 11.5 Å². The third-order valence-corrected chi connectivity index (χ3v) is 4.95. The number of benzene rings is 1. The van der Waals surface area contributed by atoms with Gasteiger partial charge in [-0.2, -0.15) is 0 Å². The number of nitrogens with zero attached hydrogens (tertiary/aromatic N) is 1. The second-order valence-electron chi connectivity index (χ2n) is 5.62. The molecule has 0 bridgehead atoms. The average Bonchev–Trinajstić information content (AvgIpc) is 3.15. The summed E-state index contributed by atoms with van der Waals surface area (Å²) in [6, 6.07) is 9.99. The first-order valence-electron chi connectivity index (χ1n) is 7.05. The van der Waals surface area contributed by atoms with E-state index < -0.39 is 0 Å². The molecule has 1 heterocycles. The molecule has 1 fully saturated rings. The van der Waals surface area contributed by atoms with Crippen LogP contribution < -0.4 is 5.32 Å². The van der Waals surface area contributed by atoms with Crippen LogP contribution in [0.1, 0.15) is 34.4 Å². The van der Waals surface area contributed by atoms with E-state index >= 15 is 0 Å². The number of aliphatic hydroxyl groups is 1. The van der Waals surface area contributed by atoms with Crippen molar-refractivity contribution >= 4 is 11.3 Å². The Kier molecular flexibility index (Phi) is 3.87. The maximum absolute atomic E-state index is 10.6. The molecular formula is C16H20N2OS. The lowest BCUT2D eigenvalue weighted by atomic mass is 9.93. The van der Waals surface area contributed by atoms with Gasteiger partial charge in [-0.15, -0.1) is 11.3 Å². The minimum atomic E-state index is -0.362. The highest BCUT2D eigenvalue weighted by Crippen LogP contribution is 2.54. The van der Waals surface area contributed by atoms with Gasteiger partial charge < -0.3 is 10.4 Å². The molecule has 0 spiro atoms. The number of nitrogens with one attached hydrogen (secondary N) is 1. The van der Waals surface area contributed by atoms with Crippen molar-refractivity contribution in [2.45, 2.75) is 32.4 Å². The van der Waals surface area contributed by atoms with E-state index in [1.165, 1.54) is 4.88 Å². The van der Waals surface area contributed by atoms with Crippen molar-refractivity contribution in [3.8, 4) is 0 Å². The Morgan fingerprint density at radius 1 is 1.35 bits per heavy atom. The Morgan fingerprint density at radius 3 is 2.70 bits per heavy atom. The Hall–Kier alpha value is -1.23. The van der Waals surface area contributed by atoms with E-state index in [0.29, 0.717) is 0 Å². The number of rotatable bonds is 6. The Labute approximate surface area is 123 Å². The molecule has 1 aliphatic rings. The van der Waals surface area contributed by atoms with Gasteiger partial charge in [0.05, 0.1) is 11.1 Å². The van der Waals surface area contributed by atoms with Crippen molar-refractivity contribution in [1.29, 1.82) is 0 Å². The van der Waals surface area contributed by atoms with Crippen molar-refractivity contribution in [3.05, 3.63) is 52.0 Å². The second kappa shape index (κ2) is 5.64. The number of aliphatic hydroxyl groups excluding tert-OH is 1. The highest BCUT2D eigenvalue weighted by Gasteiger charge is 2.48. The van der Waals surface area contributed by atoms with Crippen LogP contribution in [0.15, 0.2) is 36.5 Å². The molecule has 2 N–H and O–H groups in total. The van der Waals surface area contributed by atoms with Gasteiger partial charge >= 0.3 is 0 Å². The van der Waals surface area contributed by atoms with Gasteiger partial charge in [0.15, 0.2) is 0 Å². The number of hydrogen-bond donors (Lipinski definition) is 2. The Bertz CT molecular complexity index is 563. The van der Waals surface area contributed by atoms with E-state index in [1.54, 1.807) is 11.3 Å². The Morgan fingerprint density at radius 2 is 2.10 bits per heavy atom. The fraction of sp³-hybridized carbons (Fsp3) is 0.438. The fourth-order valence-electron chi connectivity index (χ4n) is 2.62. The predicted octanol–water partition coefficient (Wildman–Crippen LogP) is 3.05. The van der Waals surface area contributed by atoms with Crippen LogP contribution in [0.5, 0.6) is 0 Å². The molecule has 1 unspecified atom stereocenters. The zero-order valence-electron chi connectivity index (χ0n) is 11.7. The predicted molar refractivity (Wildman–Crippen MR) is 81.6 cm³/mol. The molecule has 20 heavy (non-hydrogen) atoms. The van der Waals surface area contributed by atoms with Crippen molar-refractivity contribution in [1.82, 2.24) is 10.3 Å². The molecule has 1 aromatic carbocycles. The summed E-state index contributed by atoms with van der Waals surface area (Å²) < 4.78 is 0. The molecule has 4 heteroatoms. The van der Waals surface area contributed by atoms with Crippen molar-refractivity contribution in [2.24, 2.45) is 5.41 Å². The van der Waals surface area contributed by atoms with Crippen LogP contribution in [-0.2, 0) is 6.54 Å². The first-order chi connectivity index (χ1) is 9.70. The van der Waals surface area contributed by atoms with Gasteiger partial charge in [-0.25, -0.2) is 4.98 Å². The van der Waals surface area contributed by atoms with Crippen LogP contribution in [0, 0.1) is 12.3 Å².